The second-order valence-corrected chi connectivity index (χ2v) is 5.46. The number of nitrogens with one attached hydrogen (secondary N) is 1. The van der Waals surface area contributed by atoms with Crippen LogP contribution in [0.3, 0.4) is 0 Å². The highest BCUT2D eigenvalue weighted by Gasteiger charge is 2.11. The first-order chi connectivity index (χ1) is 11.3. The van der Waals surface area contributed by atoms with E-state index in [1.807, 2.05) is 59.3 Å². The van der Waals surface area contributed by atoms with Gasteiger partial charge in [-0.05, 0) is 35.9 Å². The molecular formula is C20H16N2O. The first-order valence-corrected chi connectivity index (χ1v) is 7.53. The zero-order valence-corrected chi connectivity index (χ0v) is 12.5. The maximum Gasteiger partial charge on any atom is 0.116 e. The topological polar surface area (TPSA) is 37.2 Å². The summed E-state index contributed by atoms with van der Waals surface area (Å²) in [5.74, 6) is 0.271. The molecule has 0 amide bonds. The van der Waals surface area contributed by atoms with Gasteiger partial charge in [-0.15, -0.1) is 0 Å². The molecule has 1 heterocycles. The molecule has 3 nitrogen and oxygen atoms in total. The van der Waals surface area contributed by atoms with Crippen molar-refractivity contribution in [3.8, 4) is 16.9 Å². The van der Waals surface area contributed by atoms with E-state index in [1.54, 1.807) is 12.1 Å². The van der Waals surface area contributed by atoms with Crippen LogP contribution in [0.5, 0.6) is 5.75 Å². The number of aromatic nitrogens is 1. The van der Waals surface area contributed by atoms with Crippen LogP contribution >= 0.6 is 0 Å². The van der Waals surface area contributed by atoms with Crippen LogP contribution in [0.15, 0.2) is 85.1 Å². The molecule has 0 aliphatic heterocycles. The van der Waals surface area contributed by atoms with Crippen molar-refractivity contribution in [3.05, 3.63) is 85.1 Å². The van der Waals surface area contributed by atoms with Gasteiger partial charge in [-0.3, -0.25) is 10.1 Å². The average Bonchev–Trinajstić information content (AvgIpc) is 2.94. The van der Waals surface area contributed by atoms with Crippen molar-refractivity contribution in [1.29, 1.82) is 0 Å². The van der Waals surface area contributed by atoms with Crippen LogP contribution in [0.1, 0.15) is 0 Å². The van der Waals surface area contributed by atoms with E-state index < -0.39 is 0 Å². The van der Waals surface area contributed by atoms with Gasteiger partial charge in [0.15, 0.2) is 0 Å². The predicted octanol–water partition coefficient (Wildman–Crippen LogP) is 4.89. The van der Waals surface area contributed by atoms with Crippen LogP contribution in [0.2, 0.25) is 0 Å². The maximum absolute atomic E-state index is 9.87. The normalized spacial score (nSPS) is 10.8. The van der Waals surface area contributed by atoms with E-state index in [1.165, 1.54) is 0 Å². The van der Waals surface area contributed by atoms with Crippen LogP contribution in [-0.2, 0) is 0 Å². The zero-order chi connectivity index (χ0) is 15.6. The molecule has 0 saturated carbocycles. The van der Waals surface area contributed by atoms with E-state index in [2.05, 4.69) is 23.8 Å². The molecule has 0 radical (unpaired) electrons. The van der Waals surface area contributed by atoms with Crippen LogP contribution in [0.4, 0.5) is 5.69 Å². The van der Waals surface area contributed by atoms with E-state index in [-0.39, 0.29) is 5.75 Å². The molecule has 23 heavy (non-hydrogen) atoms. The summed E-state index contributed by atoms with van der Waals surface area (Å²) in [6.45, 7) is 0. The number of benzene rings is 3. The minimum atomic E-state index is 0.271. The fourth-order valence-electron chi connectivity index (χ4n) is 2.81. The van der Waals surface area contributed by atoms with Crippen LogP contribution in [-0.4, -0.2) is 9.78 Å². The molecule has 0 bridgehead atoms. The Morgan fingerprint density at radius 1 is 0.783 bits per heavy atom. The Labute approximate surface area is 134 Å². The predicted molar refractivity (Wildman–Crippen MR) is 94.5 cm³/mol. The lowest BCUT2D eigenvalue weighted by Gasteiger charge is -2.08. The molecule has 0 unspecified atom stereocenters. The van der Waals surface area contributed by atoms with Crippen molar-refractivity contribution >= 4 is 16.6 Å². The fourth-order valence-corrected chi connectivity index (χ4v) is 2.81. The number of para-hydroxylation sites is 1. The second-order valence-electron chi connectivity index (χ2n) is 5.46. The Kier molecular flexibility index (Phi) is 3.24. The molecule has 0 atom stereocenters. The van der Waals surface area contributed by atoms with E-state index in [0.717, 1.165) is 27.7 Å². The van der Waals surface area contributed by atoms with Crippen molar-refractivity contribution in [1.82, 2.24) is 4.68 Å². The number of anilines is 1. The quantitative estimate of drug-likeness (QED) is 0.565. The molecule has 2 N–H and O–H groups in total. The first-order valence-electron chi connectivity index (χ1n) is 7.53. The largest absolute Gasteiger partial charge is 0.508 e. The number of nitrogens with zero attached hydrogens (tertiary/aromatic N) is 1. The van der Waals surface area contributed by atoms with Gasteiger partial charge in [-0.25, -0.2) is 0 Å². The number of fused-ring (bicyclic) bond motifs is 1. The second kappa shape index (κ2) is 5.54. The molecule has 4 rings (SSSR count). The molecule has 1 aromatic heterocycles. The Morgan fingerprint density at radius 2 is 1.48 bits per heavy atom. The molecule has 0 spiro atoms. The maximum atomic E-state index is 9.87. The van der Waals surface area contributed by atoms with Crippen LogP contribution < -0.4 is 5.43 Å². The number of aromatic hydroxyl groups is 1. The summed E-state index contributed by atoms with van der Waals surface area (Å²) >= 11 is 0. The van der Waals surface area contributed by atoms with E-state index >= 15 is 0 Å². The van der Waals surface area contributed by atoms with Crippen molar-refractivity contribution in [2.45, 2.75) is 0 Å². The number of phenols is 1. The van der Waals surface area contributed by atoms with Crippen molar-refractivity contribution in [3.63, 3.8) is 0 Å². The van der Waals surface area contributed by atoms with Crippen molar-refractivity contribution < 1.29 is 5.11 Å². The van der Waals surface area contributed by atoms with Crippen LogP contribution in [0.25, 0.3) is 22.0 Å². The minimum Gasteiger partial charge on any atom is -0.508 e. The highest BCUT2D eigenvalue weighted by atomic mass is 16.3. The monoisotopic (exact) mass is 300 g/mol. The van der Waals surface area contributed by atoms with E-state index in [4.69, 9.17) is 0 Å². The van der Waals surface area contributed by atoms with Gasteiger partial charge in [0.2, 0.25) is 0 Å². The molecule has 0 fully saturated rings. The van der Waals surface area contributed by atoms with Gasteiger partial charge < -0.3 is 5.11 Å². The third-order valence-corrected chi connectivity index (χ3v) is 3.90. The highest BCUT2D eigenvalue weighted by Crippen LogP contribution is 2.32. The summed E-state index contributed by atoms with van der Waals surface area (Å²) in [5.41, 5.74) is 7.63. The summed E-state index contributed by atoms with van der Waals surface area (Å²) in [4.78, 5) is 0. The van der Waals surface area contributed by atoms with Gasteiger partial charge in [-0.2, -0.15) is 0 Å². The van der Waals surface area contributed by atoms with Gasteiger partial charge in [0.1, 0.15) is 5.75 Å². The van der Waals surface area contributed by atoms with Gasteiger partial charge >= 0.3 is 0 Å². The molecule has 3 aromatic carbocycles. The summed E-state index contributed by atoms with van der Waals surface area (Å²) in [6.07, 6.45) is 2.06. The molecule has 3 heteroatoms. The number of phenolic OH excluding ortho intramolecular Hbond substituents is 1. The van der Waals surface area contributed by atoms with Crippen molar-refractivity contribution in [2.75, 3.05) is 5.43 Å². The summed E-state index contributed by atoms with van der Waals surface area (Å²) in [6, 6.07) is 25.7. The van der Waals surface area contributed by atoms with E-state index in [0.29, 0.717) is 0 Å². The minimum absolute atomic E-state index is 0.271. The number of hydrogen-bond acceptors (Lipinski definition) is 2. The summed E-state index contributed by atoms with van der Waals surface area (Å²) in [7, 11) is 0. The number of rotatable bonds is 3. The lowest BCUT2D eigenvalue weighted by atomic mass is 10.1. The summed E-state index contributed by atoms with van der Waals surface area (Å²) in [5, 5.41) is 10.9. The van der Waals surface area contributed by atoms with E-state index in [9.17, 15) is 5.11 Å². The molecule has 112 valence electrons. The zero-order valence-electron chi connectivity index (χ0n) is 12.5. The smallest absolute Gasteiger partial charge is 0.116 e. The van der Waals surface area contributed by atoms with Gasteiger partial charge in [-0.1, -0.05) is 48.5 Å². The average molecular weight is 300 g/mol. The van der Waals surface area contributed by atoms with Gasteiger partial charge in [0, 0.05) is 17.1 Å². The Bertz CT molecular complexity index is 943. The molecular weight excluding hydrogens is 284 g/mol. The Morgan fingerprint density at radius 3 is 2.22 bits per heavy atom. The highest BCUT2D eigenvalue weighted by molar-refractivity contribution is 5.97. The molecule has 0 aliphatic rings. The third-order valence-electron chi connectivity index (χ3n) is 3.90. The van der Waals surface area contributed by atoms with Crippen LogP contribution in [0, 0.1) is 0 Å². The summed E-state index contributed by atoms with van der Waals surface area (Å²) < 4.78 is 1.99. The number of hydrogen-bond donors (Lipinski definition) is 2. The molecule has 0 aliphatic carbocycles. The lowest BCUT2D eigenvalue weighted by molar-refractivity contribution is 0.476. The van der Waals surface area contributed by atoms with Crippen molar-refractivity contribution in [2.24, 2.45) is 0 Å². The Balaban J connectivity index is 1.89. The molecule has 0 saturated heterocycles. The molecule has 4 aromatic rings. The third kappa shape index (κ3) is 2.53. The lowest BCUT2D eigenvalue weighted by Crippen LogP contribution is -2.06. The van der Waals surface area contributed by atoms with Gasteiger partial charge in [0.05, 0.1) is 11.2 Å². The van der Waals surface area contributed by atoms with Gasteiger partial charge in [0.25, 0.3) is 0 Å². The Hall–Kier alpha value is -3.20. The SMILES string of the molecule is Oc1ccc2c(c1)c(-c1ccccc1)cn2Nc1ccccc1. The first kappa shape index (κ1) is 13.5. The fraction of sp³-hybridized carbons (Fsp3) is 0. The standard InChI is InChI=1S/C20H16N2O/c23-17-11-12-20-18(13-17)19(15-7-3-1-4-8-15)14-22(20)21-16-9-5-2-6-10-16/h1-14,21,23H.